The summed E-state index contributed by atoms with van der Waals surface area (Å²) < 4.78 is 14.8. The Morgan fingerprint density at radius 3 is 1.28 bits per heavy atom. The minimum atomic E-state index is -1.52. The van der Waals surface area contributed by atoms with Crippen LogP contribution >= 0.6 is 0 Å². The monoisotopic (exact) mass is 1070 g/mol. The van der Waals surface area contributed by atoms with E-state index in [0.29, 0.717) is 45.0 Å². The number of carbonyl (C=O) groups excluding carboxylic acids is 8. The van der Waals surface area contributed by atoms with Crippen LogP contribution in [0, 0.1) is 13.8 Å². The number of nitrogens with zero attached hydrogens (tertiary/aromatic N) is 2. The van der Waals surface area contributed by atoms with Crippen LogP contribution in [0.15, 0.2) is 134 Å². The number of carbonyl (C=O) groups is 8. The summed E-state index contributed by atoms with van der Waals surface area (Å²) >= 11 is 0. The van der Waals surface area contributed by atoms with E-state index in [9.17, 15) is 48.6 Å². The van der Waals surface area contributed by atoms with E-state index in [-0.39, 0.29) is 166 Å². The third-order valence-electron chi connectivity index (χ3n) is 12.3. The average molecular weight is 1070 g/mol. The van der Waals surface area contributed by atoms with Crippen molar-refractivity contribution in [2.75, 3.05) is 48.4 Å². The molecular formula is C56H48N8Na2O12. The maximum atomic E-state index is 13.8. The minimum Gasteiger partial charge on any atom is -0.545 e. The van der Waals surface area contributed by atoms with Crippen LogP contribution in [0.1, 0.15) is 97.5 Å². The summed E-state index contributed by atoms with van der Waals surface area (Å²) in [6.07, 6.45) is 3.11. The van der Waals surface area contributed by atoms with E-state index in [0.717, 1.165) is 12.1 Å². The number of ether oxygens (including phenoxy) is 2. The smallest absolute Gasteiger partial charge is 0.545 e. The van der Waals surface area contributed by atoms with E-state index in [1.165, 1.54) is 36.4 Å². The molecule has 8 N–H and O–H groups in total. The van der Waals surface area contributed by atoms with Crippen molar-refractivity contribution in [3.05, 3.63) is 190 Å². The zero-order valence-corrected chi connectivity index (χ0v) is 46.9. The van der Waals surface area contributed by atoms with Gasteiger partial charge < -0.3 is 70.8 Å². The van der Waals surface area contributed by atoms with Crippen LogP contribution in [0.5, 0.6) is 11.5 Å². The molecule has 0 spiro atoms. The third-order valence-corrected chi connectivity index (χ3v) is 12.3. The number of amides is 4. The number of pyridine rings is 2. The van der Waals surface area contributed by atoms with Crippen molar-refractivity contribution in [2.24, 2.45) is 0 Å². The van der Waals surface area contributed by atoms with Crippen LogP contribution in [0.2, 0.25) is 0 Å². The van der Waals surface area contributed by atoms with Gasteiger partial charge in [-0.15, -0.1) is 0 Å². The van der Waals surface area contributed by atoms with Crippen molar-refractivity contribution < 1.29 is 117 Å². The number of aromatic carboxylic acids is 2. The second kappa shape index (κ2) is 26.2. The fourth-order valence-corrected chi connectivity index (χ4v) is 8.51. The van der Waals surface area contributed by atoms with Crippen molar-refractivity contribution in [1.29, 1.82) is 0 Å². The normalized spacial score (nSPS) is 10.6. The van der Waals surface area contributed by atoms with E-state index in [2.05, 4.69) is 21.3 Å². The van der Waals surface area contributed by atoms with Gasteiger partial charge in [0.25, 0.3) is 11.8 Å². The molecule has 0 fully saturated rings. The molecule has 4 aromatic carbocycles. The molecule has 8 aromatic rings. The average Bonchev–Trinajstić information content (AvgIpc) is 4.10. The molecule has 4 amide bonds. The second-order valence-electron chi connectivity index (χ2n) is 17.3. The molecule has 0 saturated carbocycles. The van der Waals surface area contributed by atoms with Crippen LogP contribution in [0.25, 0.3) is 11.0 Å². The molecule has 0 radical (unpaired) electrons. The topological polar surface area (TPSA) is 310 Å². The third kappa shape index (κ3) is 13.3. The number of nitrogen functional groups attached to an aromatic ring is 2. The summed E-state index contributed by atoms with van der Waals surface area (Å²) in [5, 5.41) is 34.4. The predicted molar refractivity (Wildman–Crippen MR) is 277 cm³/mol. The standard InChI is InChI=1S/C56H50N8O12.2Na/c1-31-47(43-13-3-5-23-63(43)49(31)51(67)33-15-17-41(57)39(29-33)55(71)72)61-53(69)35-9-7-11-37(27-35)75-25-21-59-45(65)19-20-46(66)60-22-26-76-38-12-8-10-36(28-38)54(70)62-48-32(2)50(64-24-6-4-14-44(48)64)52(68)34-16-18-42(58)40(30-34)56(73)74;;/h3-18,23-24,27-30H,19-22,25-26,57-58H2,1-2H3,(H,59,65)(H,60,66)(H,61,69)(H,62,70)(H,71,72)(H,73,74);;/q;2*+1/p-2. The van der Waals surface area contributed by atoms with Gasteiger partial charge in [-0.25, -0.2) is 0 Å². The number of carboxylic acid groups (broad SMARTS) is 2. The Kier molecular flexibility index (Phi) is 19.8. The molecule has 4 aromatic heterocycles. The predicted octanol–water partition coefficient (Wildman–Crippen LogP) is -1.85. The van der Waals surface area contributed by atoms with Gasteiger partial charge in [0.2, 0.25) is 23.4 Å². The summed E-state index contributed by atoms with van der Waals surface area (Å²) in [7, 11) is 0. The number of rotatable bonds is 21. The zero-order valence-electron chi connectivity index (χ0n) is 42.9. The number of hydrogen-bond donors (Lipinski definition) is 6. The Morgan fingerprint density at radius 1 is 0.500 bits per heavy atom. The molecule has 0 saturated heterocycles. The molecule has 4 heterocycles. The van der Waals surface area contributed by atoms with Gasteiger partial charge in [0.1, 0.15) is 24.7 Å². The van der Waals surface area contributed by atoms with Gasteiger partial charge in [-0.1, -0.05) is 24.3 Å². The fraction of sp³-hybridized carbons (Fsp3) is 0.143. The van der Waals surface area contributed by atoms with Crippen molar-refractivity contribution in [3.63, 3.8) is 0 Å². The van der Waals surface area contributed by atoms with Crippen molar-refractivity contribution >= 4 is 80.9 Å². The Bertz CT molecular complexity index is 3430. The molecule has 0 atom stereocenters. The van der Waals surface area contributed by atoms with E-state index >= 15 is 0 Å². The summed E-state index contributed by atoms with van der Waals surface area (Å²) in [4.78, 5) is 103. The molecule has 0 aliphatic heterocycles. The number of nitrogens with two attached hydrogens (primary N) is 2. The first-order valence-electron chi connectivity index (χ1n) is 23.6. The van der Waals surface area contributed by atoms with Gasteiger partial charge in [-0.2, -0.15) is 0 Å². The van der Waals surface area contributed by atoms with Gasteiger partial charge in [0.15, 0.2) is 0 Å². The van der Waals surface area contributed by atoms with Crippen LogP contribution in [-0.4, -0.2) is 82.2 Å². The number of fused-ring (bicyclic) bond motifs is 2. The molecular weight excluding hydrogens is 1020 g/mol. The number of aromatic nitrogens is 2. The molecule has 0 aliphatic carbocycles. The molecule has 22 heteroatoms. The van der Waals surface area contributed by atoms with E-state index < -0.39 is 35.3 Å². The number of benzene rings is 4. The number of anilines is 4. The van der Waals surface area contributed by atoms with Crippen molar-refractivity contribution in [2.45, 2.75) is 26.7 Å². The molecule has 0 bridgehead atoms. The van der Waals surface area contributed by atoms with Gasteiger partial charge in [0.05, 0.1) is 58.8 Å². The number of ketones is 2. The van der Waals surface area contributed by atoms with Crippen LogP contribution in [-0.2, 0) is 9.59 Å². The van der Waals surface area contributed by atoms with Gasteiger partial charge in [-0.05, 0) is 111 Å². The fourth-order valence-electron chi connectivity index (χ4n) is 8.51. The number of carboxylic acids is 2. The van der Waals surface area contributed by atoms with Gasteiger partial charge in [0, 0.05) is 81.1 Å². The summed E-state index contributed by atoms with van der Waals surface area (Å²) in [6.45, 7) is 3.65. The van der Waals surface area contributed by atoms with E-state index in [1.807, 2.05) is 0 Å². The summed E-state index contributed by atoms with van der Waals surface area (Å²) in [6, 6.07) is 30.9. The van der Waals surface area contributed by atoms with Crippen LogP contribution in [0.3, 0.4) is 0 Å². The first kappa shape index (κ1) is 59.0. The molecule has 0 aliphatic rings. The Morgan fingerprint density at radius 2 is 0.897 bits per heavy atom. The molecule has 8 rings (SSSR count). The van der Waals surface area contributed by atoms with Crippen molar-refractivity contribution in [3.8, 4) is 11.5 Å². The molecule has 78 heavy (non-hydrogen) atoms. The molecule has 0 unspecified atom stereocenters. The number of hydrogen-bond acceptors (Lipinski definition) is 14. The first-order chi connectivity index (χ1) is 36.5. The summed E-state index contributed by atoms with van der Waals surface area (Å²) in [5.74, 6) is -5.10. The molecule has 386 valence electrons. The van der Waals surface area contributed by atoms with Crippen LogP contribution < -0.4 is 112 Å². The molecule has 20 nitrogen and oxygen atoms in total. The van der Waals surface area contributed by atoms with Crippen molar-refractivity contribution in [1.82, 2.24) is 19.4 Å². The SMILES string of the molecule is Cc1c(NC(=O)c2cccc(OCCNC(=O)CCC(=O)NCCOc3cccc(C(=O)Nc4c(C)c(C(=O)c5ccc(N)c(C(=O)[O-])c5)n5ccccc45)c3)c2)c2ccccn2c1C(=O)c1ccc(N)c(C(=O)[O-])c1.[Na+].[Na+]. The van der Waals surface area contributed by atoms with Gasteiger partial charge in [-0.3, -0.25) is 28.8 Å². The largest absolute Gasteiger partial charge is 1.00 e. The second-order valence-corrected chi connectivity index (χ2v) is 17.3. The Labute approximate surface area is 490 Å². The van der Waals surface area contributed by atoms with E-state index in [1.54, 1.807) is 108 Å². The number of nitrogens with one attached hydrogen (secondary N) is 4. The Hall–Kier alpha value is -8.24. The maximum absolute atomic E-state index is 13.8. The van der Waals surface area contributed by atoms with E-state index in [4.69, 9.17) is 20.9 Å². The quantitative estimate of drug-likeness (QED) is 0.0199. The summed E-state index contributed by atoms with van der Waals surface area (Å²) in [5.41, 5.74) is 14.5. The minimum absolute atomic E-state index is 0. The van der Waals surface area contributed by atoms with Crippen LogP contribution in [0.4, 0.5) is 22.7 Å². The Balaban J connectivity index is 0.00000492. The zero-order chi connectivity index (χ0) is 54.2. The first-order valence-corrected chi connectivity index (χ1v) is 23.6. The van der Waals surface area contributed by atoms with Gasteiger partial charge >= 0.3 is 59.1 Å². The maximum Gasteiger partial charge on any atom is 1.00 e.